The van der Waals surface area contributed by atoms with Crippen molar-refractivity contribution >= 4 is 17.6 Å². The van der Waals surface area contributed by atoms with E-state index in [1.807, 2.05) is 43.5 Å². The molecule has 0 aliphatic rings. The third-order valence-corrected chi connectivity index (χ3v) is 5.07. The highest BCUT2D eigenvalue weighted by Crippen LogP contribution is 2.27. The molecule has 5 nitrogen and oxygen atoms in total. The number of carbonyl (C=O) groups excluding carboxylic acids is 2. The molecule has 2 aromatic carbocycles. The van der Waals surface area contributed by atoms with E-state index in [4.69, 9.17) is 4.74 Å². The molecule has 1 N–H and O–H groups in total. The summed E-state index contributed by atoms with van der Waals surface area (Å²) in [4.78, 5) is 25.0. The van der Waals surface area contributed by atoms with E-state index in [1.54, 1.807) is 25.1 Å². The Morgan fingerprint density at radius 1 is 1.00 bits per heavy atom. The Morgan fingerprint density at radius 2 is 1.65 bits per heavy atom. The van der Waals surface area contributed by atoms with Crippen LogP contribution in [0.2, 0.25) is 0 Å². The standard InChI is InChI=1S/C25H27FN2O3/c1-5-31-25(30)22-15-23(19-6-8-20(26)9-7-19)28(18(22)4)11-10-24(29)27-21-13-16(2)12-17(3)14-21/h6-9,12-15H,5,10-11H2,1-4H3,(H,27,29). The van der Waals surface area contributed by atoms with Gasteiger partial charge in [-0.05, 0) is 86.8 Å². The van der Waals surface area contributed by atoms with Crippen molar-refractivity contribution in [3.05, 3.63) is 76.7 Å². The fraction of sp³-hybridized carbons (Fsp3) is 0.280. The van der Waals surface area contributed by atoms with E-state index in [2.05, 4.69) is 5.32 Å². The molecule has 0 bridgehead atoms. The van der Waals surface area contributed by atoms with Crippen LogP contribution in [0.3, 0.4) is 0 Å². The molecule has 3 rings (SSSR count). The van der Waals surface area contributed by atoms with Crippen molar-refractivity contribution in [3.63, 3.8) is 0 Å². The smallest absolute Gasteiger partial charge is 0.339 e. The molecule has 0 fully saturated rings. The van der Waals surface area contributed by atoms with Crippen molar-refractivity contribution < 1.29 is 18.7 Å². The molecule has 0 aliphatic carbocycles. The number of nitrogens with one attached hydrogen (secondary N) is 1. The number of esters is 1. The number of benzene rings is 2. The predicted octanol–water partition coefficient (Wildman–Crippen LogP) is 5.42. The number of anilines is 1. The predicted molar refractivity (Wildman–Crippen MR) is 120 cm³/mol. The van der Waals surface area contributed by atoms with Crippen molar-refractivity contribution in [1.82, 2.24) is 4.57 Å². The van der Waals surface area contributed by atoms with Crippen molar-refractivity contribution in [1.29, 1.82) is 0 Å². The van der Waals surface area contributed by atoms with Gasteiger partial charge in [0.1, 0.15) is 5.82 Å². The second-order valence-corrected chi connectivity index (χ2v) is 7.58. The molecule has 1 heterocycles. The van der Waals surface area contributed by atoms with Gasteiger partial charge in [0.05, 0.1) is 12.2 Å². The molecule has 3 aromatic rings. The molecule has 0 saturated carbocycles. The summed E-state index contributed by atoms with van der Waals surface area (Å²) in [5.74, 6) is -0.875. The number of aromatic nitrogens is 1. The molecule has 1 amide bonds. The first kappa shape index (κ1) is 22.3. The SMILES string of the molecule is CCOC(=O)c1cc(-c2ccc(F)cc2)n(CCC(=O)Nc2cc(C)cc(C)c2)c1C. The van der Waals surface area contributed by atoms with Crippen LogP contribution in [0.15, 0.2) is 48.5 Å². The Morgan fingerprint density at radius 3 is 2.26 bits per heavy atom. The van der Waals surface area contributed by atoms with Crippen LogP contribution in [-0.2, 0) is 16.1 Å². The van der Waals surface area contributed by atoms with Gasteiger partial charge in [0.25, 0.3) is 0 Å². The number of nitrogens with zero attached hydrogens (tertiary/aromatic N) is 1. The number of ether oxygens (including phenoxy) is 1. The number of hydrogen-bond donors (Lipinski definition) is 1. The Hall–Kier alpha value is -3.41. The van der Waals surface area contributed by atoms with Crippen molar-refractivity contribution in [3.8, 4) is 11.3 Å². The van der Waals surface area contributed by atoms with Crippen LogP contribution >= 0.6 is 0 Å². The molecule has 0 unspecified atom stereocenters. The van der Waals surface area contributed by atoms with Crippen molar-refractivity contribution in [2.45, 2.75) is 40.7 Å². The molecule has 31 heavy (non-hydrogen) atoms. The third kappa shape index (κ3) is 5.40. The van der Waals surface area contributed by atoms with Crippen LogP contribution in [0.1, 0.15) is 40.5 Å². The maximum Gasteiger partial charge on any atom is 0.339 e. The van der Waals surface area contributed by atoms with Gasteiger partial charge in [0.2, 0.25) is 5.91 Å². The second-order valence-electron chi connectivity index (χ2n) is 7.58. The summed E-state index contributed by atoms with van der Waals surface area (Å²) in [7, 11) is 0. The number of aryl methyl sites for hydroxylation is 2. The lowest BCUT2D eigenvalue weighted by Gasteiger charge is -2.13. The number of halogens is 1. The second kappa shape index (κ2) is 9.60. The maximum atomic E-state index is 13.4. The molecule has 6 heteroatoms. The summed E-state index contributed by atoms with van der Waals surface area (Å²) in [6, 6.07) is 13.7. The number of carbonyl (C=O) groups is 2. The third-order valence-electron chi connectivity index (χ3n) is 5.07. The summed E-state index contributed by atoms with van der Waals surface area (Å²) in [6.45, 7) is 8.18. The zero-order valence-corrected chi connectivity index (χ0v) is 18.3. The highest BCUT2D eigenvalue weighted by atomic mass is 19.1. The average molecular weight is 423 g/mol. The van der Waals surface area contributed by atoms with Crippen LogP contribution in [0.25, 0.3) is 11.3 Å². The van der Waals surface area contributed by atoms with E-state index in [-0.39, 0.29) is 24.8 Å². The normalized spacial score (nSPS) is 10.7. The van der Waals surface area contributed by atoms with E-state index in [1.165, 1.54) is 12.1 Å². The quantitative estimate of drug-likeness (QED) is 0.517. The lowest BCUT2D eigenvalue weighted by molar-refractivity contribution is -0.116. The molecule has 0 radical (unpaired) electrons. The highest BCUT2D eigenvalue weighted by molar-refractivity contribution is 5.93. The molecular formula is C25H27FN2O3. The Balaban J connectivity index is 1.85. The Labute approximate surface area is 181 Å². The van der Waals surface area contributed by atoms with Gasteiger partial charge in [-0.25, -0.2) is 9.18 Å². The van der Waals surface area contributed by atoms with Crippen molar-refractivity contribution in [2.24, 2.45) is 0 Å². The number of rotatable bonds is 7. The minimum Gasteiger partial charge on any atom is -0.462 e. The van der Waals surface area contributed by atoms with Crippen LogP contribution in [0.5, 0.6) is 0 Å². The van der Waals surface area contributed by atoms with Gasteiger partial charge in [-0.2, -0.15) is 0 Å². The first-order valence-corrected chi connectivity index (χ1v) is 10.3. The van der Waals surface area contributed by atoms with Gasteiger partial charge in [-0.3, -0.25) is 4.79 Å². The summed E-state index contributed by atoms with van der Waals surface area (Å²) in [5, 5.41) is 2.94. The summed E-state index contributed by atoms with van der Waals surface area (Å²) >= 11 is 0. The first-order valence-electron chi connectivity index (χ1n) is 10.3. The fourth-order valence-corrected chi connectivity index (χ4v) is 3.69. The lowest BCUT2D eigenvalue weighted by Crippen LogP contribution is -2.16. The van der Waals surface area contributed by atoms with Crippen LogP contribution < -0.4 is 5.32 Å². The average Bonchev–Trinajstić information content (AvgIpc) is 3.03. The van der Waals surface area contributed by atoms with Crippen molar-refractivity contribution in [2.75, 3.05) is 11.9 Å². The van der Waals surface area contributed by atoms with E-state index < -0.39 is 5.97 Å². The minimum atomic E-state index is -0.415. The van der Waals surface area contributed by atoms with E-state index in [0.717, 1.165) is 28.1 Å². The topological polar surface area (TPSA) is 60.3 Å². The van der Waals surface area contributed by atoms with Gasteiger partial charge in [0, 0.05) is 30.0 Å². The van der Waals surface area contributed by atoms with Crippen LogP contribution in [0, 0.1) is 26.6 Å². The van der Waals surface area contributed by atoms with Gasteiger partial charge in [0.15, 0.2) is 0 Å². The highest BCUT2D eigenvalue weighted by Gasteiger charge is 2.20. The molecule has 0 aliphatic heterocycles. The molecule has 0 spiro atoms. The Bertz CT molecular complexity index is 1080. The minimum absolute atomic E-state index is 0.124. The monoisotopic (exact) mass is 422 g/mol. The zero-order valence-electron chi connectivity index (χ0n) is 18.3. The summed E-state index contributed by atoms with van der Waals surface area (Å²) in [5.41, 5.74) is 5.56. The zero-order chi connectivity index (χ0) is 22.5. The molecule has 0 saturated heterocycles. The van der Waals surface area contributed by atoms with Gasteiger partial charge >= 0.3 is 5.97 Å². The number of amides is 1. The lowest BCUT2D eigenvalue weighted by atomic mass is 10.1. The van der Waals surface area contributed by atoms with Gasteiger partial charge < -0.3 is 14.6 Å². The summed E-state index contributed by atoms with van der Waals surface area (Å²) < 4.78 is 20.5. The van der Waals surface area contributed by atoms with E-state index >= 15 is 0 Å². The molecule has 162 valence electrons. The van der Waals surface area contributed by atoms with Gasteiger partial charge in [-0.15, -0.1) is 0 Å². The van der Waals surface area contributed by atoms with Crippen LogP contribution in [-0.4, -0.2) is 23.1 Å². The summed E-state index contributed by atoms with van der Waals surface area (Å²) in [6.07, 6.45) is 0.221. The van der Waals surface area contributed by atoms with Crippen LogP contribution in [0.4, 0.5) is 10.1 Å². The molecule has 1 aromatic heterocycles. The Kier molecular flexibility index (Phi) is 6.90. The maximum absolute atomic E-state index is 13.4. The first-order chi connectivity index (χ1) is 14.8. The number of hydrogen-bond acceptors (Lipinski definition) is 3. The molecular weight excluding hydrogens is 395 g/mol. The fourth-order valence-electron chi connectivity index (χ4n) is 3.69. The largest absolute Gasteiger partial charge is 0.462 e. The van der Waals surface area contributed by atoms with E-state index in [9.17, 15) is 14.0 Å². The van der Waals surface area contributed by atoms with Gasteiger partial charge in [-0.1, -0.05) is 6.07 Å². The molecule has 0 atom stereocenters. The van der Waals surface area contributed by atoms with E-state index in [0.29, 0.717) is 17.8 Å².